The van der Waals surface area contributed by atoms with Gasteiger partial charge in [-0.3, -0.25) is 4.79 Å². The fourth-order valence-corrected chi connectivity index (χ4v) is 4.90. The van der Waals surface area contributed by atoms with Gasteiger partial charge in [0.25, 0.3) is 0 Å². The Morgan fingerprint density at radius 3 is 2.30 bits per heavy atom. The molecule has 0 aliphatic carbocycles. The lowest BCUT2D eigenvalue weighted by molar-refractivity contribution is -0.133. The first-order chi connectivity index (χ1) is 14.4. The van der Waals surface area contributed by atoms with E-state index in [9.17, 15) is 9.90 Å². The SMILES string of the molecule is CCc1cc(CC)cc(CC(=O)N2CCCC(CCO)(c3ccc(Cl)c(Cl)c3)C2)c1. The van der Waals surface area contributed by atoms with Gasteiger partial charge in [-0.1, -0.05) is 61.3 Å². The molecule has 1 N–H and O–H groups in total. The van der Waals surface area contributed by atoms with Gasteiger partial charge in [0.15, 0.2) is 0 Å². The zero-order chi connectivity index (χ0) is 21.7. The third kappa shape index (κ3) is 5.19. The minimum Gasteiger partial charge on any atom is -0.396 e. The second-order valence-electron chi connectivity index (χ2n) is 8.34. The highest BCUT2D eigenvalue weighted by Gasteiger charge is 2.38. The van der Waals surface area contributed by atoms with E-state index in [-0.39, 0.29) is 17.9 Å². The zero-order valence-electron chi connectivity index (χ0n) is 17.9. The molecule has 1 saturated heterocycles. The Labute approximate surface area is 190 Å². The van der Waals surface area contributed by atoms with Gasteiger partial charge in [-0.05, 0) is 66.5 Å². The lowest BCUT2D eigenvalue weighted by Gasteiger charge is -2.43. The Hall–Kier alpha value is -1.55. The summed E-state index contributed by atoms with van der Waals surface area (Å²) in [5.74, 6) is 0.146. The van der Waals surface area contributed by atoms with Crippen LogP contribution in [0.4, 0.5) is 0 Å². The van der Waals surface area contributed by atoms with Crippen LogP contribution in [0.25, 0.3) is 0 Å². The van der Waals surface area contributed by atoms with E-state index < -0.39 is 0 Å². The number of hydrogen-bond donors (Lipinski definition) is 1. The molecule has 1 amide bonds. The zero-order valence-corrected chi connectivity index (χ0v) is 19.4. The maximum atomic E-state index is 13.2. The molecule has 30 heavy (non-hydrogen) atoms. The highest BCUT2D eigenvalue weighted by molar-refractivity contribution is 6.42. The van der Waals surface area contributed by atoms with Gasteiger partial charge in [-0.2, -0.15) is 0 Å². The van der Waals surface area contributed by atoms with Crippen molar-refractivity contribution in [3.8, 4) is 0 Å². The van der Waals surface area contributed by atoms with E-state index in [1.54, 1.807) is 0 Å². The minimum atomic E-state index is -0.295. The van der Waals surface area contributed by atoms with Crippen LogP contribution in [0, 0.1) is 0 Å². The van der Waals surface area contributed by atoms with Crippen molar-refractivity contribution < 1.29 is 9.90 Å². The molecule has 2 aromatic carbocycles. The average molecular weight is 448 g/mol. The third-order valence-electron chi connectivity index (χ3n) is 6.34. The molecule has 3 rings (SSSR count). The molecule has 0 radical (unpaired) electrons. The molecule has 0 spiro atoms. The molecule has 1 atom stereocenters. The lowest BCUT2D eigenvalue weighted by Crippen LogP contribution is -2.49. The first-order valence-corrected chi connectivity index (χ1v) is 11.6. The Balaban J connectivity index is 1.82. The number of halogens is 2. The third-order valence-corrected chi connectivity index (χ3v) is 7.08. The molecule has 0 saturated carbocycles. The number of benzene rings is 2. The summed E-state index contributed by atoms with van der Waals surface area (Å²) in [5, 5.41) is 10.8. The van der Waals surface area contributed by atoms with Crippen LogP contribution in [-0.4, -0.2) is 35.6 Å². The first kappa shape index (κ1) is 23.1. The number of aryl methyl sites for hydroxylation is 2. The number of nitrogens with zero attached hydrogens (tertiary/aromatic N) is 1. The number of hydrogen-bond acceptors (Lipinski definition) is 2. The smallest absolute Gasteiger partial charge is 0.227 e. The van der Waals surface area contributed by atoms with E-state index in [0.717, 1.165) is 43.4 Å². The largest absolute Gasteiger partial charge is 0.396 e. The molecule has 0 bridgehead atoms. The summed E-state index contributed by atoms with van der Waals surface area (Å²) in [4.78, 5) is 15.2. The molecule has 1 aliphatic rings. The summed E-state index contributed by atoms with van der Waals surface area (Å²) in [6, 6.07) is 12.2. The monoisotopic (exact) mass is 447 g/mol. The van der Waals surface area contributed by atoms with E-state index in [0.29, 0.717) is 29.4 Å². The van der Waals surface area contributed by atoms with Crippen LogP contribution < -0.4 is 0 Å². The molecule has 2 aromatic rings. The lowest BCUT2D eigenvalue weighted by atomic mass is 9.72. The van der Waals surface area contributed by atoms with Gasteiger partial charge < -0.3 is 10.0 Å². The summed E-state index contributed by atoms with van der Waals surface area (Å²) in [7, 11) is 0. The predicted octanol–water partition coefficient (Wildman–Crippen LogP) is 5.60. The van der Waals surface area contributed by atoms with Crippen molar-refractivity contribution in [2.75, 3.05) is 19.7 Å². The van der Waals surface area contributed by atoms with Crippen LogP contribution in [0.15, 0.2) is 36.4 Å². The number of likely N-dealkylation sites (tertiary alicyclic amines) is 1. The summed E-state index contributed by atoms with van der Waals surface area (Å²) in [5.41, 5.74) is 4.40. The van der Waals surface area contributed by atoms with Gasteiger partial charge in [0.1, 0.15) is 0 Å². The van der Waals surface area contributed by atoms with E-state index in [1.165, 1.54) is 11.1 Å². The number of piperidine rings is 1. The second-order valence-corrected chi connectivity index (χ2v) is 9.16. The number of rotatable bonds is 7. The van der Waals surface area contributed by atoms with E-state index in [1.807, 2.05) is 23.1 Å². The molecule has 3 nitrogen and oxygen atoms in total. The predicted molar refractivity (Wildman–Crippen MR) is 125 cm³/mol. The Kier molecular flexibility index (Phi) is 7.84. The quantitative estimate of drug-likeness (QED) is 0.599. The van der Waals surface area contributed by atoms with Crippen molar-refractivity contribution in [3.63, 3.8) is 0 Å². The van der Waals surface area contributed by atoms with Gasteiger partial charge in [0.05, 0.1) is 16.5 Å². The van der Waals surface area contributed by atoms with E-state index >= 15 is 0 Å². The van der Waals surface area contributed by atoms with Gasteiger partial charge in [-0.25, -0.2) is 0 Å². The minimum absolute atomic E-state index is 0.0701. The molecular weight excluding hydrogens is 417 g/mol. The number of aliphatic hydroxyl groups excluding tert-OH is 1. The van der Waals surface area contributed by atoms with Crippen molar-refractivity contribution in [2.24, 2.45) is 0 Å². The van der Waals surface area contributed by atoms with Crippen molar-refractivity contribution in [3.05, 3.63) is 68.7 Å². The molecule has 0 aromatic heterocycles. The number of amides is 1. The summed E-state index contributed by atoms with van der Waals surface area (Å²) in [6.45, 7) is 5.71. The summed E-state index contributed by atoms with van der Waals surface area (Å²) in [6.07, 6.45) is 4.77. The fourth-order valence-electron chi connectivity index (χ4n) is 4.60. The van der Waals surface area contributed by atoms with E-state index in [2.05, 4.69) is 32.0 Å². The first-order valence-electron chi connectivity index (χ1n) is 10.9. The number of carbonyl (C=O) groups is 1. The van der Waals surface area contributed by atoms with Crippen molar-refractivity contribution in [1.29, 1.82) is 0 Å². The van der Waals surface area contributed by atoms with Gasteiger partial charge in [0, 0.05) is 25.1 Å². The maximum Gasteiger partial charge on any atom is 0.227 e. The van der Waals surface area contributed by atoms with Crippen LogP contribution in [-0.2, 0) is 29.5 Å². The maximum absolute atomic E-state index is 13.2. The highest BCUT2D eigenvalue weighted by atomic mass is 35.5. The standard InChI is InChI=1S/C25H31Cl2NO2/c1-3-18-12-19(4-2)14-20(13-18)15-24(30)28-10-5-8-25(17-28,9-11-29)21-6-7-22(26)23(27)16-21/h6-7,12-14,16,29H,3-5,8-11,15,17H2,1-2H3. The number of aliphatic hydroxyl groups is 1. The Morgan fingerprint density at radius 2 is 1.70 bits per heavy atom. The van der Waals surface area contributed by atoms with Crippen LogP contribution in [0.3, 0.4) is 0 Å². The topological polar surface area (TPSA) is 40.5 Å². The molecule has 1 fully saturated rings. The Bertz CT molecular complexity index is 872. The number of carbonyl (C=O) groups excluding carboxylic acids is 1. The molecule has 5 heteroatoms. The van der Waals surface area contributed by atoms with E-state index in [4.69, 9.17) is 23.2 Å². The fraction of sp³-hybridized carbons (Fsp3) is 0.480. The molecule has 1 heterocycles. The van der Waals surface area contributed by atoms with Crippen LogP contribution in [0.1, 0.15) is 55.4 Å². The summed E-state index contributed by atoms with van der Waals surface area (Å²) >= 11 is 12.4. The van der Waals surface area contributed by atoms with Crippen molar-refractivity contribution >= 4 is 29.1 Å². The highest BCUT2D eigenvalue weighted by Crippen LogP contribution is 2.39. The van der Waals surface area contributed by atoms with Crippen molar-refractivity contribution in [2.45, 2.75) is 57.8 Å². The van der Waals surface area contributed by atoms with Crippen molar-refractivity contribution in [1.82, 2.24) is 4.90 Å². The van der Waals surface area contributed by atoms with Crippen LogP contribution >= 0.6 is 23.2 Å². The van der Waals surface area contributed by atoms with Gasteiger partial charge >= 0.3 is 0 Å². The second kappa shape index (κ2) is 10.2. The van der Waals surface area contributed by atoms with Crippen LogP contribution in [0.5, 0.6) is 0 Å². The average Bonchev–Trinajstić information content (AvgIpc) is 2.75. The Morgan fingerprint density at radius 1 is 1.03 bits per heavy atom. The normalized spacial score (nSPS) is 19.2. The molecule has 162 valence electrons. The van der Waals surface area contributed by atoms with Gasteiger partial charge in [0.2, 0.25) is 5.91 Å². The molecule has 1 unspecified atom stereocenters. The van der Waals surface area contributed by atoms with Gasteiger partial charge in [-0.15, -0.1) is 0 Å². The van der Waals surface area contributed by atoms with Crippen LogP contribution in [0.2, 0.25) is 10.0 Å². The summed E-state index contributed by atoms with van der Waals surface area (Å²) < 4.78 is 0. The molecular formula is C25H31Cl2NO2. The molecule has 1 aliphatic heterocycles.